The zero-order chi connectivity index (χ0) is 14.7. The lowest BCUT2D eigenvalue weighted by Crippen LogP contribution is -2.07. The molecular weight excluding hydrogens is 326 g/mol. The first-order valence-corrected chi connectivity index (χ1v) is 6.60. The van der Waals surface area contributed by atoms with Crippen molar-refractivity contribution in [3.63, 3.8) is 0 Å². The number of non-ortho nitro benzene ring substituents is 1. The van der Waals surface area contributed by atoms with Crippen LogP contribution in [0.25, 0.3) is 0 Å². The second-order valence-corrected chi connectivity index (χ2v) is 5.01. The van der Waals surface area contributed by atoms with Gasteiger partial charge in [0.1, 0.15) is 0 Å². The first-order valence-electron chi connectivity index (χ1n) is 5.81. The molecule has 1 atom stereocenters. The summed E-state index contributed by atoms with van der Waals surface area (Å²) in [4.78, 5) is 14.4. The normalized spacial score (nSPS) is 11.9. The minimum atomic E-state index is -0.482. The molecule has 2 N–H and O–H groups in total. The van der Waals surface area contributed by atoms with E-state index >= 15 is 0 Å². The quantitative estimate of drug-likeness (QED) is 0.680. The van der Waals surface area contributed by atoms with Gasteiger partial charge in [-0.25, -0.2) is 4.98 Å². The summed E-state index contributed by atoms with van der Waals surface area (Å²) in [7, 11) is 0. The average molecular weight is 338 g/mol. The number of aromatic nitrogens is 1. The van der Waals surface area contributed by atoms with Crippen molar-refractivity contribution < 1.29 is 9.66 Å². The van der Waals surface area contributed by atoms with E-state index in [-0.39, 0.29) is 11.7 Å². The predicted molar refractivity (Wildman–Crippen MR) is 77.7 cm³/mol. The van der Waals surface area contributed by atoms with Crippen molar-refractivity contribution in [1.29, 1.82) is 0 Å². The van der Waals surface area contributed by atoms with Crippen molar-refractivity contribution in [3.8, 4) is 11.6 Å². The summed E-state index contributed by atoms with van der Waals surface area (Å²) in [6, 6.07) is 7.59. The van der Waals surface area contributed by atoms with E-state index in [2.05, 4.69) is 20.9 Å². The van der Waals surface area contributed by atoms with Crippen molar-refractivity contribution in [2.75, 3.05) is 0 Å². The molecule has 0 bridgehead atoms. The van der Waals surface area contributed by atoms with Gasteiger partial charge >= 0.3 is 0 Å². The van der Waals surface area contributed by atoms with Gasteiger partial charge in [0.05, 0.1) is 15.5 Å². The Balaban J connectivity index is 2.40. The van der Waals surface area contributed by atoms with Crippen molar-refractivity contribution in [1.82, 2.24) is 4.98 Å². The molecule has 0 amide bonds. The molecule has 1 aromatic carbocycles. The van der Waals surface area contributed by atoms with Crippen LogP contribution in [0.5, 0.6) is 11.6 Å². The van der Waals surface area contributed by atoms with Crippen LogP contribution in [0.2, 0.25) is 0 Å². The van der Waals surface area contributed by atoms with E-state index in [9.17, 15) is 10.1 Å². The monoisotopic (exact) mass is 337 g/mol. The van der Waals surface area contributed by atoms with Crippen LogP contribution in [-0.4, -0.2) is 9.91 Å². The summed E-state index contributed by atoms with van der Waals surface area (Å²) in [6.45, 7) is 1.81. The number of nitrogens with two attached hydrogens (primary N) is 1. The highest BCUT2D eigenvalue weighted by Crippen LogP contribution is 2.34. The summed E-state index contributed by atoms with van der Waals surface area (Å²) < 4.78 is 6.25. The third-order valence-electron chi connectivity index (χ3n) is 2.62. The first-order chi connectivity index (χ1) is 9.49. The van der Waals surface area contributed by atoms with E-state index in [1.54, 1.807) is 24.4 Å². The van der Waals surface area contributed by atoms with E-state index < -0.39 is 4.92 Å². The second-order valence-electron chi connectivity index (χ2n) is 4.16. The maximum atomic E-state index is 10.8. The fraction of sp³-hybridized carbons (Fsp3) is 0.154. The molecular formula is C13H12BrN3O3. The molecule has 0 saturated carbocycles. The molecule has 0 spiro atoms. The zero-order valence-corrected chi connectivity index (χ0v) is 12.2. The largest absolute Gasteiger partial charge is 0.437 e. The summed E-state index contributed by atoms with van der Waals surface area (Å²) in [5.74, 6) is 0.656. The summed E-state index contributed by atoms with van der Waals surface area (Å²) in [6.07, 6.45) is 1.58. The van der Waals surface area contributed by atoms with Gasteiger partial charge in [0.2, 0.25) is 5.88 Å². The zero-order valence-electron chi connectivity index (χ0n) is 10.6. The smallest absolute Gasteiger partial charge is 0.273 e. The first kappa shape index (κ1) is 14.4. The number of ether oxygens (including phenoxy) is 1. The predicted octanol–water partition coefficient (Wildman–Crippen LogP) is 3.56. The van der Waals surface area contributed by atoms with Crippen molar-refractivity contribution in [2.24, 2.45) is 5.73 Å². The molecule has 6 nitrogen and oxygen atoms in total. The Morgan fingerprint density at radius 1 is 1.45 bits per heavy atom. The van der Waals surface area contributed by atoms with Gasteiger partial charge in [0.15, 0.2) is 5.75 Å². The molecule has 0 aliphatic heterocycles. The fourth-order valence-corrected chi connectivity index (χ4v) is 1.95. The number of rotatable bonds is 4. The van der Waals surface area contributed by atoms with Gasteiger partial charge in [-0.05, 0) is 35.0 Å². The highest BCUT2D eigenvalue weighted by Gasteiger charge is 2.14. The highest BCUT2D eigenvalue weighted by atomic mass is 79.9. The maximum absolute atomic E-state index is 10.8. The molecule has 0 saturated heterocycles. The Hall–Kier alpha value is -1.99. The third kappa shape index (κ3) is 3.12. The average Bonchev–Trinajstić information content (AvgIpc) is 2.41. The van der Waals surface area contributed by atoms with Crippen LogP contribution in [0.15, 0.2) is 41.0 Å². The molecule has 0 radical (unpaired) electrons. The van der Waals surface area contributed by atoms with Gasteiger partial charge in [0, 0.05) is 23.9 Å². The molecule has 0 fully saturated rings. The Morgan fingerprint density at radius 2 is 2.20 bits per heavy atom. The van der Waals surface area contributed by atoms with Crippen LogP contribution < -0.4 is 10.5 Å². The number of pyridine rings is 1. The van der Waals surface area contributed by atoms with Gasteiger partial charge in [-0.15, -0.1) is 0 Å². The number of nitrogens with zero attached hydrogens (tertiary/aromatic N) is 2. The Kier molecular flexibility index (Phi) is 4.31. The van der Waals surface area contributed by atoms with Gasteiger partial charge in [-0.2, -0.15) is 0 Å². The van der Waals surface area contributed by atoms with Crippen LogP contribution in [0.1, 0.15) is 18.5 Å². The molecule has 0 aliphatic carbocycles. The van der Waals surface area contributed by atoms with Gasteiger partial charge in [-0.3, -0.25) is 10.1 Å². The van der Waals surface area contributed by atoms with E-state index in [4.69, 9.17) is 10.5 Å². The lowest BCUT2D eigenvalue weighted by atomic mass is 10.1. The minimum Gasteiger partial charge on any atom is -0.437 e. The second kappa shape index (κ2) is 5.98. The third-order valence-corrected chi connectivity index (χ3v) is 3.28. The molecule has 0 unspecified atom stereocenters. The fourth-order valence-electron chi connectivity index (χ4n) is 1.62. The molecule has 2 rings (SSSR count). The lowest BCUT2D eigenvalue weighted by Gasteiger charge is -2.12. The summed E-state index contributed by atoms with van der Waals surface area (Å²) in [5, 5.41) is 10.8. The van der Waals surface area contributed by atoms with E-state index in [1.165, 1.54) is 12.1 Å². The highest BCUT2D eigenvalue weighted by molar-refractivity contribution is 9.10. The number of hydrogen-bond acceptors (Lipinski definition) is 5. The van der Waals surface area contributed by atoms with Crippen LogP contribution in [0.3, 0.4) is 0 Å². The topological polar surface area (TPSA) is 91.3 Å². The number of nitro benzene ring substituents is 1. The van der Waals surface area contributed by atoms with Gasteiger partial charge in [0.25, 0.3) is 5.69 Å². The van der Waals surface area contributed by atoms with Crippen molar-refractivity contribution in [2.45, 2.75) is 13.0 Å². The van der Waals surface area contributed by atoms with Crippen LogP contribution >= 0.6 is 15.9 Å². The molecule has 20 heavy (non-hydrogen) atoms. The van der Waals surface area contributed by atoms with E-state index in [0.717, 1.165) is 5.56 Å². The van der Waals surface area contributed by atoms with Crippen LogP contribution in [0, 0.1) is 10.1 Å². The van der Waals surface area contributed by atoms with Crippen LogP contribution in [0.4, 0.5) is 5.69 Å². The molecule has 7 heteroatoms. The van der Waals surface area contributed by atoms with Crippen molar-refractivity contribution in [3.05, 3.63) is 56.7 Å². The number of nitro groups is 1. The number of halogens is 1. The Labute approximate surface area is 123 Å². The lowest BCUT2D eigenvalue weighted by molar-refractivity contribution is -0.384. The Bertz CT molecular complexity index is 647. The summed E-state index contributed by atoms with van der Waals surface area (Å²) in [5.41, 5.74) is 6.52. The number of hydrogen-bond donors (Lipinski definition) is 1. The number of benzene rings is 1. The maximum Gasteiger partial charge on any atom is 0.273 e. The van der Waals surface area contributed by atoms with E-state index in [0.29, 0.717) is 16.1 Å². The SMILES string of the molecule is C[C@H](N)c1cccnc1Oc1cc([N+](=O)[O-])ccc1Br. The van der Waals surface area contributed by atoms with Crippen molar-refractivity contribution >= 4 is 21.6 Å². The molecule has 104 valence electrons. The van der Waals surface area contributed by atoms with Gasteiger partial charge in [-0.1, -0.05) is 6.07 Å². The molecule has 2 aromatic rings. The summed E-state index contributed by atoms with van der Waals surface area (Å²) >= 11 is 3.29. The molecule has 1 aromatic heterocycles. The van der Waals surface area contributed by atoms with Gasteiger partial charge < -0.3 is 10.5 Å². The Morgan fingerprint density at radius 3 is 2.85 bits per heavy atom. The standard InChI is InChI=1S/C13H12BrN3O3/c1-8(15)10-3-2-6-16-13(10)20-12-7-9(17(18)19)4-5-11(12)14/h2-8H,15H2,1H3/t8-/m0/s1. The van der Waals surface area contributed by atoms with E-state index in [1.807, 2.05) is 6.92 Å². The molecule has 0 aliphatic rings. The van der Waals surface area contributed by atoms with Crippen LogP contribution in [-0.2, 0) is 0 Å². The molecule has 1 heterocycles. The minimum absolute atomic E-state index is 0.0542.